The normalized spacial score (nSPS) is 12.3. The van der Waals surface area contributed by atoms with Crippen LogP contribution >= 0.6 is 0 Å². The van der Waals surface area contributed by atoms with Crippen molar-refractivity contribution in [2.45, 2.75) is 19.3 Å². The van der Waals surface area contributed by atoms with Crippen LogP contribution in [0.25, 0.3) is 0 Å². The van der Waals surface area contributed by atoms with Crippen LogP contribution in [0.1, 0.15) is 22.3 Å². The second-order valence-corrected chi connectivity index (χ2v) is 7.02. The first-order chi connectivity index (χ1) is 15.8. The van der Waals surface area contributed by atoms with E-state index in [0.29, 0.717) is 24.5 Å². The molecule has 1 aromatic heterocycles. The Morgan fingerprint density at radius 1 is 1.18 bits per heavy atom. The number of ether oxygens (including phenoxy) is 2. The number of terminal acetylenes is 1. The van der Waals surface area contributed by atoms with Gasteiger partial charge in [0.25, 0.3) is 0 Å². The molecule has 0 saturated carbocycles. The van der Waals surface area contributed by atoms with Crippen LogP contribution in [0.2, 0.25) is 0 Å². The average Bonchev–Trinajstić information content (AvgIpc) is 3.27. The first kappa shape index (κ1) is 21.8. The number of benzene rings is 2. The van der Waals surface area contributed by atoms with Crippen molar-refractivity contribution in [2.75, 3.05) is 11.9 Å². The van der Waals surface area contributed by atoms with Crippen LogP contribution in [0.4, 0.5) is 19.0 Å². The van der Waals surface area contributed by atoms with E-state index in [1.54, 1.807) is 12.1 Å². The Hall–Kier alpha value is -4.44. The number of hydrogen-bond acceptors (Lipinski definition) is 6. The molecule has 3 aromatic rings. The lowest BCUT2D eigenvalue weighted by atomic mass is 10.1. The lowest BCUT2D eigenvalue weighted by Crippen LogP contribution is -2.21. The highest BCUT2D eigenvalue weighted by Gasteiger charge is 2.33. The number of nitrogens with zero attached hydrogens (tertiary/aromatic N) is 3. The summed E-state index contributed by atoms with van der Waals surface area (Å²) < 4.78 is 52.3. The standard InChI is InChI=1S/C23H15F3N4O3/c1-2-15-4-5-17(10-18(15)23(24,25)26)33-19-6-3-14(9-16(19)12-27)13-32-21-11-20-28-7-8-30(20)22(31)29-21/h1,3-6,9-11,28H,7-8,13H2. The van der Waals surface area contributed by atoms with Crippen molar-refractivity contribution in [3.05, 3.63) is 75.2 Å². The quantitative estimate of drug-likeness (QED) is 0.591. The maximum atomic E-state index is 13.2. The summed E-state index contributed by atoms with van der Waals surface area (Å²) in [7, 11) is 0. The van der Waals surface area contributed by atoms with Crippen molar-refractivity contribution in [2.24, 2.45) is 0 Å². The fourth-order valence-corrected chi connectivity index (χ4v) is 3.29. The Morgan fingerprint density at radius 3 is 2.73 bits per heavy atom. The molecule has 7 nitrogen and oxygen atoms in total. The first-order valence-electron chi connectivity index (χ1n) is 9.66. The number of fused-ring (bicyclic) bond motifs is 1. The van der Waals surface area contributed by atoms with Gasteiger partial charge in [0.1, 0.15) is 30.0 Å². The van der Waals surface area contributed by atoms with Gasteiger partial charge in [-0.25, -0.2) is 4.79 Å². The Morgan fingerprint density at radius 2 is 2.00 bits per heavy atom. The van der Waals surface area contributed by atoms with Gasteiger partial charge in [-0.2, -0.15) is 23.4 Å². The predicted molar refractivity (Wildman–Crippen MR) is 112 cm³/mol. The van der Waals surface area contributed by atoms with Gasteiger partial charge in [0.05, 0.1) is 11.1 Å². The molecule has 2 aromatic carbocycles. The van der Waals surface area contributed by atoms with E-state index in [4.69, 9.17) is 15.9 Å². The number of aromatic nitrogens is 2. The number of alkyl halides is 3. The SMILES string of the molecule is C#Cc1ccc(Oc2ccc(COc3cc4n(c(=O)n3)CCN4)cc2C#N)cc1C(F)(F)F. The Balaban J connectivity index is 1.52. The third-order valence-electron chi connectivity index (χ3n) is 4.86. The van der Waals surface area contributed by atoms with E-state index in [9.17, 15) is 23.2 Å². The number of hydrogen-bond donors (Lipinski definition) is 1. The maximum Gasteiger partial charge on any atom is 0.417 e. The van der Waals surface area contributed by atoms with Crippen molar-refractivity contribution in [3.8, 4) is 35.8 Å². The third-order valence-corrected chi connectivity index (χ3v) is 4.86. The number of rotatable bonds is 5. The van der Waals surface area contributed by atoms with E-state index >= 15 is 0 Å². The molecule has 0 saturated heterocycles. The Kier molecular flexibility index (Phi) is 5.67. The zero-order valence-electron chi connectivity index (χ0n) is 16.9. The van der Waals surface area contributed by atoms with E-state index in [-0.39, 0.29) is 35.1 Å². The van der Waals surface area contributed by atoms with Crippen molar-refractivity contribution in [1.82, 2.24) is 9.55 Å². The minimum Gasteiger partial charge on any atom is -0.473 e. The number of nitriles is 1. The van der Waals surface area contributed by atoms with Gasteiger partial charge in [0.15, 0.2) is 0 Å². The number of anilines is 1. The topological polar surface area (TPSA) is 89.2 Å². The molecule has 0 amide bonds. The molecule has 0 radical (unpaired) electrons. The van der Waals surface area contributed by atoms with E-state index in [1.165, 1.54) is 22.8 Å². The molecule has 10 heteroatoms. The van der Waals surface area contributed by atoms with Crippen LogP contribution in [-0.2, 0) is 19.3 Å². The van der Waals surface area contributed by atoms with E-state index in [2.05, 4.69) is 10.3 Å². The van der Waals surface area contributed by atoms with Crippen LogP contribution in [-0.4, -0.2) is 16.1 Å². The molecule has 166 valence electrons. The van der Waals surface area contributed by atoms with Gasteiger partial charge in [-0.05, 0) is 35.9 Å². The molecule has 0 spiro atoms. The van der Waals surface area contributed by atoms with Crippen LogP contribution in [0.5, 0.6) is 17.4 Å². The number of halogens is 3. The summed E-state index contributed by atoms with van der Waals surface area (Å²) in [6.45, 7) is 1.17. The molecular formula is C23H15F3N4O3. The van der Waals surface area contributed by atoms with Crippen molar-refractivity contribution in [1.29, 1.82) is 5.26 Å². The zero-order valence-corrected chi connectivity index (χ0v) is 16.9. The summed E-state index contributed by atoms with van der Waals surface area (Å²) >= 11 is 0. The largest absolute Gasteiger partial charge is 0.473 e. The van der Waals surface area contributed by atoms with E-state index < -0.39 is 17.4 Å². The van der Waals surface area contributed by atoms with Gasteiger partial charge < -0.3 is 14.8 Å². The minimum absolute atomic E-state index is 0.0138. The number of nitrogens with one attached hydrogen (secondary N) is 1. The van der Waals surface area contributed by atoms with Gasteiger partial charge in [-0.1, -0.05) is 12.0 Å². The Labute approximate surface area is 186 Å². The molecule has 33 heavy (non-hydrogen) atoms. The average molecular weight is 452 g/mol. The zero-order chi connectivity index (χ0) is 23.6. The second-order valence-electron chi connectivity index (χ2n) is 7.02. The predicted octanol–water partition coefficient (Wildman–Crippen LogP) is 3.91. The van der Waals surface area contributed by atoms with Crippen molar-refractivity contribution in [3.63, 3.8) is 0 Å². The summed E-state index contributed by atoms with van der Waals surface area (Å²) in [5, 5.41) is 12.5. The molecule has 0 bridgehead atoms. The molecule has 0 unspecified atom stereocenters. The lowest BCUT2D eigenvalue weighted by Gasteiger charge is -2.13. The van der Waals surface area contributed by atoms with Gasteiger partial charge in [-0.15, -0.1) is 6.42 Å². The molecule has 1 aliphatic rings. The maximum absolute atomic E-state index is 13.2. The summed E-state index contributed by atoms with van der Waals surface area (Å²) in [5.74, 6) is 2.70. The van der Waals surface area contributed by atoms with Gasteiger partial charge in [0, 0.05) is 24.7 Å². The monoisotopic (exact) mass is 452 g/mol. The molecule has 4 rings (SSSR count). The van der Waals surface area contributed by atoms with E-state index in [0.717, 1.165) is 12.1 Å². The van der Waals surface area contributed by atoms with Crippen LogP contribution in [0.15, 0.2) is 47.3 Å². The highest BCUT2D eigenvalue weighted by atomic mass is 19.4. The molecule has 1 N–H and O–H groups in total. The third kappa shape index (κ3) is 4.60. The fraction of sp³-hybridized carbons (Fsp3) is 0.174. The van der Waals surface area contributed by atoms with Gasteiger partial charge in [0.2, 0.25) is 5.88 Å². The minimum atomic E-state index is -4.65. The summed E-state index contributed by atoms with van der Waals surface area (Å²) in [6, 6.07) is 11.3. The first-order valence-corrected chi connectivity index (χ1v) is 9.66. The molecule has 0 aliphatic carbocycles. The Bertz CT molecular complexity index is 1370. The van der Waals surface area contributed by atoms with Gasteiger partial charge >= 0.3 is 11.9 Å². The highest BCUT2D eigenvalue weighted by molar-refractivity contribution is 5.50. The van der Waals surface area contributed by atoms with Crippen molar-refractivity contribution < 1.29 is 22.6 Å². The molecule has 0 fully saturated rings. The lowest BCUT2D eigenvalue weighted by molar-refractivity contribution is -0.137. The van der Waals surface area contributed by atoms with Crippen molar-refractivity contribution >= 4 is 5.82 Å². The molecular weight excluding hydrogens is 437 g/mol. The van der Waals surface area contributed by atoms with Crippen LogP contribution < -0.4 is 20.5 Å². The fourth-order valence-electron chi connectivity index (χ4n) is 3.29. The summed E-state index contributed by atoms with van der Waals surface area (Å²) in [6.07, 6.45) is 0.497. The smallest absolute Gasteiger partial charge is 0.417 e. The van der Waals surface area contributed by atoms with E-state index in [1.807, 2.05) is 12.0 Å². The molecule has 2 heterocycles. The van der Waals surface area contributed by atoms with Gasteiger partial charge in [-0.3, -0.25) is 4.57 Å². The van der Waals surface area contributed by atoms with Crippen LogP contribution in [0.3, 0.4) is 0 Å². The summed E-state index contributed by atoms with van der Waals surface area (Å²) in [4.78, 5) is 15.8. The summed E-state index contributed by atoms with van der Waals surface area (Å²) in [5.41, 5.74) is -1.07. The van der Waals surface area contributed by atoms with Crippen LogP contribution in [0, 0.1) is 23.7 Å². The molecule has 1 aliphatic heterocycles. The molecule has 0 atom stereocenters. The second kappa shape index (κ2) is 8.60. The highest BCUT2D eigenvalue weighted by Crippen LogP contribution is 2.36.